The first-order chi connectivity index (χ1) is 13.5. The summed E-state index contributed by atoms with van der Waals surface area (Å²) in [4.78, 5) is 69.3. The smallest absolute Gasteiger partial charge is 0.322 e. The third-order valence-corrected chi connectivity index (χ3v) is 3.97. The van der Waals surface area contributed by atoms with Gasteiger partial charge in [-0.05, 0) is 12.8 Å². The van der Waals surface area contributed by atoms with Gasteiger partial charge in [-0.1, -0.05) is 0 Å². The Bertz CT molecular complexity index is 645. The van der Waals surface area contributed by atoms with Crippen molar-refractivity contribution in [3.8, 4) is 0 Å². The third kappa shape index (κ3) is 11.5. The second-order valence-electron chi connectivity index (χ2n) is 6.03. The summed E-state index contributed by atoms with van der Waals surface area (Å²) in [6.07, 6.45) is -0.898. The fraction of sp³-hybridized carbons (Fsp3) is 0.600. The summed E-state index contributed by atoms with van der Waals surface area (Å²) in [5.41, 5.74) is 15.6. The van der Waals surface area contributed by atoms with Gasteiger partial charge in [-0.15, -0.1) is 0 Å². The Labute approximate surface area is 171 Å². The van der Waals surface area contributed by atoms with Gasteiger partial charge in [0.25, 0.3) is 0 Å². The van der Waals surface area contributed by atoms with Gasteiger partial charge in [0.1, 0.15) is 18.6 Å². The lowest BCUT2D eigenvalue weighted by Crippen LogP contribution is -2.56. The Balaban J connectivity index is 5.29. The van der Waals surface area contributed by atoms with Gasteiger partial charge in [-0.3, -0.25) is 28.8 Å². The molecule has 10 N–H and O–H groups in total. The number of carbonyl (C=O) groups is 6. The Morgan fingerprint density at radius 2 is 1.28 bits per heavy atom. The van der Waals surface area contributed by atoms with Crippen LogP contribution >= 0.6 is 12.6 Å². The van der Waals surface area contributed by atoms with Crippen molar-refractivity contribution in [2.75, 3.05) is 12.3 Å². The molecule has 0 radical (unpaired) electrons. The summed E-state index contributed by atoms with van der Waals surface area (Å²) in [5.74, 6) is -5.22. The molecule has 3 unspecified atom stereocenters. The summed E-state index contributed by atoms with van der Waals surface area (Å²) in [5, 5.41) is 15.4. The number of thiol groups is 1. The van der Waals surface area contributed by atoms with Crippen molar-refractivity contribution in [1.29, 1.82) is 0 Å². The number of aliphatic carboxylic acids is 1. The summed E-state index contributed by atoms with van der Waals surface area (Å²) in [7, 11) is 0. The Morgan fingerprint density at radius 1 is 0.828 bits per heavy atom. The highest BCUT2D eigenvalue weighted by molar-refractivity contribution is 7.80. The molecule has 0 aromatic rings. The van der Waals surface area contributed by atoms with E-state index in [4.69, 9.17) is 22.3 Å². The fourth-order valence-electron chi connectivity index (χ4n) is 2.03. The lowest BCUT2D eigenvalue weighted by atomic mass is 10.1. The number of hydrogen-bond donors (Lipinski definition) is 8. The van der Waals surface area contributed by atoms with E-state index in [-0.39, 0.29) is 31.4 Å². The molecule has 0 heterocycles. The number of carbonyl (C=O) groups excluding carboxylic acids is 5. The number of carboxylic acid groups (broad SMARTS) is 1. The summed E-state index contributed by atoms with van der Waals surface area (Å²) in [6, 6.07) is -3.59. The van der Waals surface area contributed by atoms with Crippen molar-refractivity contribution in [3.63, 3.8) is 0 Å². The van der Waals surface area contributed by atoms with E-state index in [0.29, 0.717) is 0 Å². The van der Waals surface area contributed by atoms with Crippen LogP contribution in [-0.4, -0.2) is 71.0 Å². The maximum absolute atomic E-state index is 12.5. The van der Waals surface area contributed by atoms with Gasteiger partial charge in [0.15, 0.2) is 0 Å². The maximum atomic E-state index is 12.5. The molecule has 0 saturated heterocycles. The molecule has 14 heteroatoms. The van der Waals surface area contributed by atoms with Crippen LogP contribution in [-0.2, 0) is 28.8 Å². The van der Waals surface area contributed by atoms with Crippen molar-refractivity contribution in [1.82, 2.24) is 16.0 Å². The van der Waals surface area contributed by atoms with Gasteiger partial charge in [0, 0.05) is 18.6 Å². The van der Waals surface area contributed by atoms with Crippen LogP contribution in [0.4, 0.5) is 0 Å². The van der Waals surface area contributed by atoms with E-state index < -0.39 is 60.2 Å². The predicted octanol–water partition coefficient (Wildman–Crippen LogP) is -4.06. The minimum absolute atomic E-state index is 0.00514. The minimum atomic E-state index is -1.31. The van der Waals surface area contributed by atoms with Gasteiger partial charge in [-0.2, -0.15) is 12.6 Å². The molecule has 0 fully saturated rings. The number of carboxylic acids is 1. The van der Waals surface area contributed by atoms with E-state index >= 15 is 0 Å². The Kier molecular flexibility index (Phi) is 12.0. The van der Waals surface area contributed by atoms with Crippen molar-refractivity contribution < 1.29 is 33.9 Å². The molecule has 29 heavy (non-hydrogen) atoms. The molecule has 164 valence electrons. The standard InChI is InChI=1S/C15H26N6O7S/c16-7(6-29)13(26)20-9(2-4-11(18)23)15(28)21-8(1-3-10(17)22)14(27)19-5-12(24)25/h7-9,29H,1-6,16H2,(H2,17,22)(H2,18,23)(H,19,27)(H,20,26)(H,21,28)(H,24,25). The van der Waals surface area contributed by atoms with Crippen LogP contribution in [0.2, 0.25) is 0 Å². The molecule has 3 atom stereocenters. The van der Waals surface area contributed by atoms with E-state index in [1.165, 1.54) is 0 Å². The lowest BCUT2D eigenvalue weighted by Gasteiger charge is -2.23. The van der Waals surface area contributed by atoms with Crippen LogP contribution in [0.25, 0.3) is 0 Å². The van der Waals surface area contributed by atoms with E-state index in [2.05, 4.69) is 28.6 Å². The second kappa shape index (κ2) is 13.3. The van der Waals surface area contributed by atoms with Crippen molar-refractivity contribution in [2.45, 2.75) is 43.8 Å². The summed E-state index contributed by atoms with van der Waals surface area (Å²) in [6.45, 7) is -0.708. The molecular weight excluding hydrogens is 408 g/mol. The zero-order valence-corrected chi connectivity index (χ0v) is 16.4. The van der Waals surface area contributed by atoms with Gasteiger partial charge in [-0.25, -0.2) is 0 Å². The molecular formula is C15H26N6O7S. The highest BCUT2D eigenvalue weighted by Gasteiger charge is 2.28. The fourth-order valence-corrected chi connectivity index (χ4v) is 2.20. The van der Waals surface area contributed by atoms with Gasteiger partial charge in [0.2, 0.25) is 29.5 Å². The Hall–Kier alpha value is -2.87. The first-order valence-electron chi connectivity index (χ1n) is 8.51. The SMILES string of the molecule is NC(=O)CCC(NC(=O)C(N)CS)C(=O)NC(CCC(N)=O)C(=O)NCC(=O)O. The monoisotopic (exact) mass is 434 g/mol. The molecule has 0 spiro atoms. The molecule has 0 saturated carbocycles. The largest absolute Gasteiger partial charge is 0.480 e. The van der Waals surface area contributed by atoms with Crippen LogP contribution < -0.4 is 33.2 Å². The molecule has 0 aliphatic heterocycles. The van der Waals surface area contributed by atoms with Crippen molar-refractivity contribution in [2.24, 2.45) is 17.2 Å². The molecule has 0 aromatic heterocycles. The predicted molar refractivity (Wildman–Crippen MR) is 103 cm³/mol. The number of hydrogen-bond acceptors (Lipinski definition) is 8. The topological polar surface area (TPSA) is 237 Å². The van der Waals surface area contributed by atoms with Gasteiger partial charge >= 0.3 is 5.97 Å². The number of rotatable bonds is 14. The highest BCUT2D eigenvalue weighted by Crippen LogP contribution is 2.03. The molecule has 13 nitrogen and oxygen atoms in total. The minimum Gasteiger partial charge on any atom is -0.480 e. The first kappa shape index (κ1) is 26.1. The molecule has 5 amide bonds. The third-order valence-electron chi connectivity index (χ3n) is 3.57. The van der Waals surface area contributed by atoms with E-state index in [1.54, 1.807) is 0 Å². The maximum Gasteiger partial charge on any atom is 0.322 e. The van der Waals surface area contributed by atoms with E-state index in [1.807, 2.05) is 0 Å². The van der Waals surface area contributed by atoms with E-state index in [9.17, 15) is 28.8 Å². The van der Waals surface area contributed by atoms with Crippen LogP contribution in [0.15, 0.2) is 0 Å². The summed E-state index contributed by atoms with van der Waals surface area (Å²) < 4.78 is 0. The van der Waals surface area contributed by atoms with Gasteiger partial charge < -0.3 is 38.3 Å². The number of nitrogens with two attached hydrogens (primary N) is 3. The number of primary amides is 2. The molecule has 0 aliphatic rings. The zero-order valence-electron chi connectivity index (χ0n) is 15.6. The average Bonchev–Trinajstić information content (AvgIpc) is 2.64. The quantitative estimate of drug-likeness (QED) is 0.125. The first-order valence-corrected chi connectivity index (χ1v) is 9.14. The van der Waals surface area contributed by atoms with E-state index in [0.717, 1.165) is 0 Å². The Morgan fingerprint density at radius 3 is 1.69 bits per heavy atom. The second-order valence-corrected chi connectivity index (χ2v) is 6.40. The number of nitrogens with one attached hydrogen (secondary N) is 3. The van der Waals surface area contributed by atoms with Crippen LogP contribution in [0.1, 0.15) is 25.7 Å². The van der Waals surface area contributed by atoms with Gasteiger partial charge in [0.05, 0.1) is 6.04 Å². The van der Waals surface area contributed by atoms with Crippen LogP contribution in [0.3, 0.4) is 0 Å². The lowest BCUT2D eigenvalue weighted by molar-refractivity contribution is -0.138. The zero-order chi connectivity index (χ0) is 22.6. The highest BCUT2D eigenvalue weighted by atomic mass is 32.1. The molecule has 0 aromatic carbocycles. The molecule has 0 bridgehead atoms. The molecule has 0 aliphatic carbocycles. The van der Waals surface area contributed by atoms with Crippen LogP contribution in [0.5, 0.6) is 0 Å². The normalized spacial score (nSPS) is 13.4. The summed E-state index contributed by atoms with van der Waals surface area (Å²) >= 11 is 3.88. The van der Waals surface area contributed by atoms with Crippen molar-refractivity contribution >= 4 is 48.1 Å². The number of amides is 5. The van der Waals surface area contributed by atoms with Crippen molar-refractivity contribution in [3.05, 3.63) is 0 Å². The van der Waals surface area contributed by atoms with Crippen LogP contribution in [0, 0.1) is 0 Å². The average molecular weight is 434 g/mol. The molecule has 0 rings (SSSR count).